The van der Waals surface area contributed by atoms with E-state index in [0.29, 0.717) is 0 Å². The minimum Gasteiger partial charge on any atom is -0.508 e. The highest BCUT2D eigenvalue weighted by molar-refractivity contribution is 5.84. The van der Waals surface area contributed by atoms with Gasteiger partial charge in [0, 0.05) is 11.6 Å². The van der Waals surface area contributed by atoms with Gasteiger partial charge >= 0.3 is 0 Å². The van der Waals surface area contributed by atoms with E-state index in [2.05, 4.69) is 25.5 Å². The van der Waals surface area contributed by atoms with Crippen molar-refractivity contribution in [2.75, 3.05) is 17.8 Å². The Kier molecular flexibility index (Phi) is 5.20. The molecular formula is C17H19N7O7. The average molecular weight is 433 g/mol. The molecule has 3 heterocycles. The predicted molar refractivity (Wildman–Crippen MR) is 107 cm³/mol. The Balaban J connectivity index is 1.76. The van der Waals surface area contributed by atoms with E-state index in [4.69, 9.17) is 10.5 Å². The number of nitrogens with zero attached hydrogens (tertiary/aromatic N) is 4. The maximum atomic E-state index is 12.3. The van der Waals surface area contributed by atoms with Gasteiger partial charge in [0.05, 0.1) is 12.8 Å². The Labute approximate surface area is 172 Å². The molecule has 2 aromatic heterocycles. The number of nitrogens with two attached hydrogens (primary N) is 1. The van der Waals surface area contributed by atoms with Crippen LogP contribution in [0.25, 0.3) is 11.2 Å². The number of nitrogen functional groups attached to an aromatic ring is 1. The number of aromatic nitrogens is 4. The van der Waals surface area contributed by atoms with Gasteiger partial charge in [-0.15, -0.1) is 0 Å². The number of rotatable bonds is 5. The topological polar surface area (TPSA) is 224 Å². The molecule has 14 heteroatoms. The van der Waals surface area contributed by atoms with Crippen molar-refractivity contribution in [3.8, 4) is 11.5 Å². The molecule has 0 saturated carbocycles. The standard InChI is InChI=1S/C17H19N7O7/c18-16-21-13-10(14(30)22-16)20-17(23-19-4-6-1-2-7(26)3-8(6)27)24(13)15-12(29)11(28)9(5-25)31-15/h1-4,9,11-12,15,25-29H,5H2,(H,20,23)(H3,18,21,22,30)/b19-4-/t9-,11-,12-,15-/m1/s1. The van der Waals surface area contributed by atoms with Crippen molar-refractivity contribution in [1.82, 2.24) is 19.5 Å². The molecule has 0 spiro atoms. The van der Waals surface area contributed by atoms with E-state index in [1.165, 1.54) is 22.9 Å². The number of H-pyrrole nitrogens is 1. The maximum Gasteiger partial charge on any atom is 0.280 e. The number of ether oxygens (including phenoxy) is 1. The average Bonchev–Trinajstić information content (AvgIpc) is 3.21. The summed E-state index contributed by atoms with van der Waals surface area (Å²) in [6, 6.07) is 3.89. The second kappa shape index (κ2) is 7.84. The molecule has 1 aliphatic heterocycles. The van der Waals surface area contributed by atoms with E-state index in [9.17, 15) is 30.3 Å². The number of benzene rings is 1. The second-order valence-corrected chi connectivity index (χ2v) is 6.77. The summed E-state index contributed by atoms with van der Waals surface area (Å²) in [5, 5.41) is 53.0. The van der Waals surface area contributed by atoms with Crippen molar-refractivity contribution in [2.24, 2.45) is 5.10 Å². The normalized spacial score (nSPS) is 23.7. The van der Waals surface area contributed by atoms with Crippen LogP contribution in [0, 0.1) is 0 Å². The van der Waals surface area contributed by atoms with Crippen LogP contribution in [-0.4, -0.2) is 76.2 Å². The van der Waals surface area contributed by atoms with Crippen molar-refractivity contribution in [2.45, 2.75) is 24.5 Å². The highest BCUT2D eigenvalue weighted by atomic mass is 16.6. The number of anilines is 2. The van der Waals surface area contributed by atoms with Gasteiger partial charge in [0.25, 0.3) is 5.56 Å². The molecule has 0 amide bonds. The van der Waals surface area contributed by atoms with E-state index in [-0.39, 0.29) is 40.1 Å². The largest absolute Gasteiger partial charge is 0.508 e. The third-order valence-electron chi connectivity index (χ3n) is 4.72. The lowest BCUT2D eigenvalue weighted by molar-refractivity contribution is -0.0501. The molecule has 164 valence electrons. The summed E-state index contributed by atoms with van der Waals surface area (Å²) in [6.07, 6.45) is -4.02. The number of aliphatic hydroxyl groups is 3. The zero-order valence-electron chi connectivity index (χ0n) is 15.7. The van der Waals surface area contributed by atoms with Gasteiger partial charge in [0.15, 0.2) is 17.4 Å². The van der Waals surface area contributed by atoms with Gasteiger partial charge in [-0.25, -0.2) is 10.4 Å². The smallest absolute Gasteiger partial charge is 0.280 e. The molecule has 0 aliphatic carbocycles. The first-order valence-electron chi connectivity index (χ1n) is 9.01. The third kappa shape index (κ3) is 3.64. The summed E-state index contributed by atoms with van der Waals surface area (Å²) in [4.78, 5) is 22.7. The van der Waals surface area contributed by atoms with Gasteiger partial charge in [-0.05, 0) is 12.1 Å². The highest BCUT2D eigenvalue weighted by Gasteiger charge is 2.45. The van der Waals surface area contributed by atoms with Gasteiger partial charge in [0.2, 0.25) is 11.9 Å². The minimum absolute atomic E-state index is 0.0544. The van der Waals surface area contributed by atoms with Crippen LogP contribution in [0.1, 0.15) is 11.8 Å². The van der Waals surface area contributed by atoms with E-state index in [1.807, 2.05) is 0 Å². The number of phenols is 2. The number of imidazole rings is 1. The number of aliphatic hydroxyl groups excluding tert-OH is 3. The van der Waals surface area contributed by atoms with E-state index < -0.39 is 36.7 Å². The summed E-state index contributed by atoms with van der Waals surface area (Å²) < 4.78 is 6.70. The van der Waals surface area contributed by atoms with Crippen LogP contribution in [0.5, 0.6) is 11.5 Å². The molecule has 9 N–H and O–H groups in total. The van der Waals surface area contributed by atoms with Crippen LogP contribution in [0.3, 0.4) is 0 Å². The fourth-order valence-electron chi connectivity index (χ4n) is 3.21. The Morgan fingerprint density at radius 1 is 1.29 bits per heavy atom. The van der Waals surface area contributed by atoms with E-state index >= 15 is 0 Å². The summed E-state index contributed by atoms with van der Waals surface area (Å²) >= 11 is 0. The van der Waals surface area contributed by atoms with Crippen LogP contribution < -0.4 is 16.7 Å². The SMILES string of the molecule is Nc1nc2c(nc(N/N=C\c3ccc(O)cc3O)n2[C@@H]2O[C@H](CO)[C@@H](O)[C@H]2O)c(=O)[nH]1. The molecule has 0 radical (unpaired) electrons. The first-order chi connectivity index (χ1) is 14.8. The first kappa shape index (κ1) is 20.5. The number of phenolic OH excluding ortho intramolecular Hbond substituents is 2. The number of fused-ring (bicyclic) bond motifs is 1. The molecule has 1 fully saturated rings. The lowest BCUT2D eigenvalue weighted by Crippen LogP contribution is -2.33. The van der Waals surface area contributed by atoms with Crippen molar-refractivity contribution in [3.05, 3.63) is 34.1 Å². The van der Waals surface area contributed by atoms with Crippen LogP contribution >= 0.6 is 0 Å². The predicted octanol–water partition coefficient (Wildman–Crippen LogP) is -1.83. The number of aromatic amines is 1. The lowest BCUT2D eigenvalue weighted by Gasteiger charge is -2.18. The monoisotopic (exact) mass is 433 g/mol. The van der Waals surface area contributed by atoms with Crippen LogP contribution in [0.4, 0.5) is 11.9 Å². The zero-order valence-corrected chi connectivity index (χ0v) is 15.7. The molecule has 1 aliphatic rings. The fraction of sp³-hybridized carbons (Fsp3) is 0.294. The van der Waals surface area contributed by atoms with Gasteiger partial charge in [-0.3, -0.25) is 14.3 Å². The van der Waals surface area contributed by atoms with Crippen molar-refractivity contribution >= 4 is 29.3 Å². The molecule has 4 rings (SSSR count). The summed E-state index contributed by atoms with van der Waals surface area (Å²) in [7, 11) is 0. The zero-order chi connectivity index (χ0) is 22.3. The lowest BCUT2D eigenvalue weighted by atomic mass is 10.1. The van der Waals surface area contributed by atoms with Gasteiger partial charge in [-0.2, -0.15) is 10.1 Å². The third-order valence-corrected chi connectivity index (χ3v) is 4.72. The van der Waals surface area contributed by atoms with Crippen LogP contribution in [0.15, 0.2) is 28.1 Å². The second-order valence-electron chi connectivity index (χ2n) is 6.77. The Hall–Kier alpha value is -3.72. The van der Waals surface area contributed by atoms with Crippen LogP contribution in [0.2, 0.25) is 0 Å². The Morgan fingerprint density at radius 3 is 2.74 bits per heavy atom. The van der Waals surface area contributed by atoms with Crippen molar-refractivity contribution in [3.63, 3.8) is 0 Å². The number of hydrogen-bond acceptors (Lipinski definition) is 12. The van der Waals surface area contributed by atoms with Gasteiger partial charge in [-0.1, -0.05) is 0 Å². The van der Waals surface area contributed by atoms with Gasteiger partial charge in [0.1, 0.15) is 29.8 Å². The van der Waals surface area contributed by atoms with E-state index in [1.54, 1.807) is 0 Å². The summed E-state index contributed by atoms with van der Waals surface area (Å²) in [5.74, 6) is -0.664. The molecule has 3 aromatic rings. The quantitative estimate of drug-likeness (QED) is 0.165. The molecule has 0 unspecified atom stereocenters. The molecule has 31 heavy (non-hydrogen) atoms. The number of hydrogen-bond donors (Lipinski definition) is 8. The Morgan fingerprint density at radius 2 is 2.06 bits per heavy atom. The molecule has 14 nitrogen and oxygen atoms in total. The molecular weight excluding hydrogens is 414 g/mol. The summed E-state index contributed by atoms with van der Waals surface area (Å²) in [5.41, 5.74) is 7.60. The highest BCUT2D eigenvalue weighted by Crippen LogP contribution is 2.34. The van der Waals surface area contributed by atoms with Crippen LogP contribution in [-0.2, 0) is 4.74 Å². The maximum absolute atomic E-state index is 12.3. The molecule has 1 aromatic carbocycles. The van der Waals surface area contributed by atoms with Gasteiger partial charge < -0.3 is 36.0 Å². The van der Waals surface area contributed by atoms with Crippen molar-refractivity contribution in [1.29, 1.82) is 0 Å². The van der Waals surface area contributed by atoms with E-state index in [0.717, 1.165) is 6.07 Å². The molecule has 0 bridgehead atoms. The first-order valence-corrected chi connectivity index (χ1v) is 9.01. The number of aromatic hydroxyl groups is 2. The Bertz CT molecular complexity index is 1210. The number of hydrazone groups is 1. The van der Waals surface area contributed by atoms with Crippen molar-refractivity contribution < 1.29 is 30.3 Å². The number of nitrogens with one attached hydrogen (secondary N) is 2. The fourth-order valence-corrected chi connectivity index (χ4v) is 3.21. The minimum atomic E-state index is -1.48. The summed E-state index contributed by atoms with van der Waals surface area (Å²) in [6.45, 7) is -0.557. The molecule has 1 saturated heterocycles. The molecule has 4 atom stereocenters.